The molecule has 0 amide bonds. The molecule has 2 heterocycles. The Labute approximate surface area is 115 Å². The number of hydrogen-bond donors (Lipinski definition) is 1. The number of methoxy groups -OCH3 is 1. The van der Waals surface area contributed by atoms with Crippen LogP contribution in [0.2, 0.25) is 0 Å². The lowest BCUT2D eigenvalue weighted by Crippen LogP contribution is -2.35. The van der Waals surface area contributed by atoms with Crippen molar-refractivity contribution in [3.8, 4) is 0 Å². The Balaban J connectivity index is 1.94. The van der Waals surface area contributed by atoms with Crippen LogP contribution >= 0.6 is 0 Å². The Bertz CT molecular complexity index is 390. The number of imidazole rings is 1. The first-order chi connectivity index (χ1) is 9.12. The zero-order valence-electron chi connectivity index (χ0n) is 12.2. The van der Waals surface area contributed by atoms with E-state index >= 15 is 0 Å². The van der Waals surface area contributed by atoms with Crippen LogP contribution < -0.4 is 5.32 Å². The van der Waals surface area contributed by atoms with Crippen LogP contribution in [0, 0.1) is 0 Å². The first-order valence-corrected chi connectivity index (χ1v) is 6.97. The number of nitrogens with one attached hydrogen (secondary N) is 1. The molecule has 5 nitrogen and oxygen atoms in total. The molecule has 0 aromatic carbocycles. The summed E-state index contributed by atoms with van der Waals surface area (Å²) >= 11 is 0. The average molecular weight is 267 g/mol. The van der Waals surface area contributed by atoms with Crippen molar-refractivity contribution in [1.82, 2.24) is 14.9 Å². The second-order valence-electron chi connectivity index (χ2n) is 5.72. The number of aromatic nitrogens is 2. The van der Waals surface area contributed by atoms with E-state index in [1.165, 1.54) is 5.69 Å². The summed E-state index contributed by atoms with van der Waals surface area (Å²) in [7, 11) is 1.72. The van der Waals surface area contributed by atoms with Gasteiger partial charge < -0.3 is 19.4 Å². The maximum atomic E-state index is 5.78. The van der Waals surface area contributed by atoms with E-state index in [9.17, 15) is 0 Å². The molecule has 0 saturated carbocycles. The van der Waals surface area contributed by atoms with Crippen molar-refractivity contribution in [2.24, 2.45) is 0 Å². The topological polar surface area (TPSA) is 48.3 Å². The third-order valence-corrected chi connectivity index (χ3v) is 3.60. The maximum absolute atomic E-state index is 5.78. The third-order valence-electron chi connectivity index (χ3n) is 3.60. The molecule has 1 atom stereocenters. The molecule has 1 aliphatic heterocycles. The number of ether oxygens (including phenoxy) is 2. The summed E-state index contributed by atoms with van der Waals surface area (Å²) in [5.41, 5.74) is 1.20. The van der Waals surface area contributed by atoms with Gasteiger partial charge in [0.1, 0.15) is 0 Å². The first kappa shape index (κ1) is 14.5. The van der Waals surface area contributed by atoms with Gasteiger partial charge in [0.25, 0.3) is 0 Å². The zero-order valence-corrected chi connectivity index (χ0v) is 12.2. The third kappa shape index (κ3) is 4.03. The normalized spacial score (nSPS) is 22.6. The highest BCUT2D eigenvalue weighted by molar-refractivity contribution is 5.01. The fraction of sp³-hybridized carbons (Fsp3) is 0.786. The quantitative estimate of drug-likeness (QED) is 0.798. The van der Waals surface area contributed by atoms with Crippen LogP contribution in [0.15, 0.2) is 12.5 Å². The molecule has 1 N–H and O–H groups in total. The molecular weight excluding hydrogens is 242 g/mol. The molecule has 5 heteroatoms. The number of nitrogens with zero attached hydrogens (tertiary/aromatic N) is 2. The van der Waals surface area contributed by atoms with Gasteiger partial charge in [0, 0.05) is 39.0 Å². The molecule has 1 aromatic rings. The Kier molecular flexibility index (Phi) is 4.96. The highest BCUT2D eigenvalue weighted by atomic mass is 16.5. The molecule has 0 radical (unpaired) electrons. The monoisotopic (exact) mass is 267 g/mol. The molecule has 1 aliphatic rings. The van der Waals surface area contributed by atoms with E-state index in [2.05, 4.69) is 28.7 Å². The zero-order chi connectivity index (χ0) is 13.7. The lowest BCUT2D eigenvalue weighted by Gasteiger charge is -2.36. The van der Waals surface area contributed by atoms with Crippen molar-refractivity contribution in [3.63, 3.8) is 0 Å². The highest BCUT2D eigenvalue weighted by Crippen LogP contribution is 2.32. The highest BCUT2D eigenvalue weighted by Gasteiger charge is 2.30. The standard InChI is InChI=1S/C14H25N3O2/c1-14(2)8-12(4-6-19-14)17-11-16-10-13(17)9-15-5-7-18-3/h10-12,15H,4-9H2,1-3H3. The molecule has 0 spiro atoms. The van der Waals surface area contributed by atoms with Gasteiger partial charge in [-0.2, -0.15) is 0 Å². The molecule has 1 aromatic heterocycles. The fourth-order valence-corrected chi connectivity index (χ4v) is 2.63. The lowest BCUT2D eigenvalue weighted by atomic mass is 9.93. The van der Waals surface area contributed by atoms with Crippen LogP contribution in [0.3, 0.4) is 0 Å². The SMILES string of the molecule is COCCNCc1cncn1C1CCOC(C)(C)C1. The predicted octanol–water partition coefficient (Wildman–Crippen LogP) is 1.75. The number of hydrogen-bond acceptors (Lipinski definition) is 4. The van der Waals surface area contributed by atoms with Gasteiger partial charge in [-0.1, -0.05) is 0 Å². The van der Waals surface area contributed by atoms with E-state index in [0.717, 1.165) is 39.1 Å². The molecule has 19 heavy (non-hydrogen) atoms. The first-order valence-electron chi connectivity index (χ1n) is 6.97. The van der Waals surface area contributed by atoms with Crippen molar-refractivity contribution in [3.05, 3.63) is 18.2 Å². The summed E-state index contributed by atoms with van der Waals surface area (Å²) < 4.78 is 13.1. The van der Waals surface area contributed by atoms with Gasteiger partial charge in [-0.15, -0.1) is 0 Å². The van der Waals surface area contributed by atoms with Crippen molar-refractivity contribution >= 4 is 0 Å². The van der Waals surface area contributed by atoms with E-state index in [4.69, 9.17) is 9.47 Å². The predicted molar refractivity (Wildman–Crippen MR) is 74.1 cm³/mol. The largest absolute Gasteiger partial charge is 0.383 e. The Morgan fingerprint density at radius 3 is 3.16 bits per heavy atom. The second kappa shape index (κ2) is 6.50. The van der Waals surface area contributed by atoms with Crippen LogP contribution in [0.1, 0.15) is 38.4 Å². The smallest absolute Gasteiger partial charge is 0.0951 e. The van der Waals surface area contributed by atoms with E-state index in [1.54, 1.807) is 7.11 Å². The summed E-state index contributed by atoms with van der Waals surface area (Å²) in [6.45, 7) is 7.58. The summed E-state index contributed by atoms with van der Waals surface area (Å²) in [5, 5.41) is 3.37. The van der Waals surface area contributed by atoms with Gasteiger partial charge in [-0.3, -0.25) is 0 Å². The van der Waals surface area contributed by atoms with Gasteiger partial charge >= 0.3 is 0 Å². The summed E-state index contributed by atoms with van der Waals surface area (Å²) in [6, 6.07) is 0.491. The van der Waals surface area contributed by atoms with Crippen LogP contribution in [0.4, 0.5) is 0 Å². The molecule has 2 rings (SSSR count). The molecule has 1 unspecified atom stereocenters. The van der Waals surface area contributed by atoms with Crippen molar-refractivity contribution in [1.29, 1.82) is 0 Å². The Morgan fingerprint density at radius 2 is 2.42 bits per heavy atom. The van der Waals surface area contributed by atoms with Crippen LogP contribution in [-0.2, 0) is 16.0 Å². The summed E-state index contributed by atoms with van der Waals surface area (Å²) in [6.07, 6.45) is 5.99. The van der Waals surface area contributed by atoms with E-state index in [0.29, 0.717) is 6.04 Å². The maximum Gasteiger partial charge on any atom is 0.0951 e. The molecular formula is C14H25N3O2. The van der Waals surface area contributed by atoms with Crippen molar-refractivity contribution in [2.75, 3.05) is 26.9 Å². The van der Waals surface area contributed by atoms with Crippen LogP contribution in [0.25, 0.3) is 0 Å². The lowest BCUT2D eigenvalue weighted by molar-refractivity contribution is -0.0694. The molecule has 0 bridgehead atoms. The van der Waals surface area contributed by atoms with E-state index < -0.39 is 0 Å². The minimum absolute atomic E-state index is 0.0338. The van der Waals surface area contributed by atoms with Gasteiger partial charge in [-0.25, -0.2) is 4.98 Å². The summed E-state index contributed by atoms with van der Waals surface area (Å²) in [5.74, 6) is 0. The van der Waals surface area contributed by atoms with Gasteiger partial charge in [0.05, 0.1) is 24.2 Å². The fourth-order valence-electron chi connectivity index (χ4n) is 2.63. The molecule has 1 fully saturated rings. The van der Waals surface area contributed by atoms with Crippen LogP contribution in [-0.4, -0.2) is 42.0 Å². The van der Waals surface area contributed by atoms with E-state index in [-0.39, 0.29) is 5.60 Å². The van der Waals surface area contributed by atoms with Crippen molar-refractivity contribution in [2.45, 2.75) is 44.9 Å². The molecule has 1 saturated heterocycles. The minimum Gasteiger partial charge on any atom is -0.383 e. The van der Waals surface area contributed by atoms with Gasteiger partial charge in [-0.05, 0) is 26.7 Å². The van der Waals surface area contributed by atoms with Crippen molar-refractivity contribution < 1.29 is 9.47 Å². The molecule has 0 aliphatic carbocycles. The van der Waals surface area contributed by atoms with E-state index in [1.807, 2.05) is 12.5 Å². The number of rotatable bonds is 6. The minimum atomic E-state index is -0.0338. The molecule has 108 valence electrons. The Morgan fingerprint density at radius 1 is 1.58 bits per heavy atom. The summed E-state index contributed by atoms with van der Waals surface area (Å²) in [4.78, 5) is 4.29. The Hall–Kier alpha value is -0.910. The average Bonchev–Trinajstić information content (AvgIpc) is 2.82. The van der Waals surface area contributed by atoms with Crippen LogP contribution in [0.5, 0.6) is 0 Å². The van der Waals surface area contributed by atoms with Gasteiger partial charge in [0.2, 0.25) is 0 Å². The van der Waals surface area contributed by atoms with Gasteiger partial charge in [0.15, 0.2) is 0 Å². The second-order valence-corrected chi connectivity index (χ2v) is 5.72.